The SMILES string of the molecule is CCOC(=O)c1c(C)cc(N)c(C)c1NC(=O)OC(C)C. The van der Waals surface area contributed by atoms with Crippen molar-refractivity contribution in [2.24, 2.45) is 0 Å². The van der Waals surface area contributed by atoms with E-state index in [1.165, 1.54) is 0 Å². The summed E-state index contributed by atoms with van der Waals surface area (Å²) in [6.45, 7) is 8.91. The molecule has 6 heteroatoms. The Bertz CT molecular complexity index is 553. The van der Waals surface area contributed by atoms with Crippen molar-refractivity contribution in [3.63, 3.8) is 0 Å². The fourth-order valence-electron chi connectivity index (χ4n) is 1.91. The minimum atomic E-state index is -0.636. The minimum absolute atomic E-state index is 0.248. The van der Waals surface area contributed by atoms with Crippen LogP contribution < -0.4 is 11.1 Å². The van der Waals surface area contributed by atoms with Gasteiger partial charge in [0, 0.05) is 5.69 Å². The number of aryl methyl sites for hydroxylation is 1. The van der Waals surface area contributed by atoms with Gasteiger partial charge in [-0.3, -0.25) is 5.32 Å². The highest BCUT2D eigenvalue weighted by molar-refractivity contribution is 6.03. The fourth-order valence-corrected chi connectivity index (χ4v) is 1.91. The second-order valence-corrected chi connectivity index (χ2v) is 4.96. The largest absolute Gasteiger partial charge is 0.462 e. The standard InChI is InChI=1S/C15H22N2O4/c1-6-20-14(18)12-9(4)7-11(16)10(5)13(12)17-15(19)21-8(2)3/h7-8H,6,16H2,1-5H3,(H,17,19). The van der Waals surface area contributed by atoms with Crippen LogP contribution in [0.1, 0.15) is 42.3 Å². The van der Waals surface area contributed by atoms with E-state index >= 15 is 0 Å². The lowest BCUT2D eigenvalue weighted by molar-refractivity contribution is 0.0526. The molecule has 0 saturated heterocycles. The van der Waals surface area contributed by atoms with Crippen LogP contribution in [0.2, 0.25) is 0 Å². The van der Waals surface area contributed by atoms with Gasteiger partial charge in [0.05, 0.1) is 24.0 Å². The number of carbonyl (C=O) groups excluding carboxylic acids is 2. The van der Waals surface area contributed by atoms with E-state index in [0.717, 1.165) is 0 Å². The van der Waals surface area contributed by atoms with Crippen molar-refractivity contribution in [3.8, 4) is 0 Å². The summed E-state index contributed by atoms with van der Waals surface area (Å²) < 4.78 is 10.1. The molecule has 0 bridgehead atoms. The number of amides is 1. The molecule has 1 aromatic carbocycles. The molecule has 0 aliphatic heterocycles. The van der Waals surface area contributed by atoms with E-state index in [4.69, 9.17) is 15.2 Å². The molecular weight excluding hydrogens is 272 g/mol. The average Bonchev–Trinajstić information content (AvgIpc) is 2.34. The van der Waals surface area contributed by atoms with Gasteiger partial charge in [0.15, 0.2) is 0 Å². The molecule has 0 aliphatic rings. The van der Waals surface area contributed by atoms with E-state index in [-0.39, 0.29) is 12.7 Å². The third-order valence-corrected chi connectivity index (χ3v) is 2.87. The molecule has 0 radical (unpaired) electrons. The summed E-state index contributed by atoms with van der Waals surface area (Å²) in [5.41, 5.74) is 8.25. The number of benzene rings is 1. The zero-order valence-electron chi connectivity index (χ0n) is 13.1. The van der Waals surface area contributed by atoms with Gasteiger partial charge in [-0.15, -0.1) is 0 Å². The molecule has 0 aliphatic carbocycles. The molecule has 0 atom stereocenters. The number of hydrogen-bond acceptors (Lipinski definition) is 5. The van der Waals surface area contributed by atoms with Gasteiger partial charge in [-0.25, -0.2) is 9.59 Å². The van der Waals surface area contributed by atoms with E-state index in [1.807, 2.05) is 0 Å². The fraction of sp³-hybridized carbons (Fsp3) is 0.467. The summed E-state index contributed by atoms with van der Waals surface area (Å²) >= 11 is 0. The Kier molecular flexibility index (Phi) is 5.58. The molecule has 21 heavy (non-hydrogen) atoms. The normalized spacial score (nSPS) is 10.4. The number of nitrogens with one attached hydrogen (secondary N) is 1. The summed E-state index contributed by atoms with van der Waals surface area (Å²) in [5.74, 6) is -0.502. The van der Waals surface area contributed by atoms with Crippen LogP contribution in [0, 0.1) is 13.8 Å². The van der Waals surface area contributed by atoms with Gasteiger partial charge in [-0.05, 0) is 51.8 Å². The first-order valence-corrected chi connectivity index (χ1v) is 6.82. The Hall–Kier alpha value is -2.24. The Morgan fingerprint density at radius 3 is 2.48 bits per heavy atom. The van der Waals surface area contributed by atoms with E-state index < -0.39 is 12.1 Å². The summed E-state index contributed by atoms with van der Waals surface area (Å²) in [6.07, 6.45) is -0.901. The van der Waals surface area contributed by atoms with Crippen molar-refractivity contribution < 1.29 is 19.1 Å². The zero-order chi connectivity index (χ0) is 16.2. The van der Waals surface area contributed by atoms with Gasteiger partial charge in [-0.1, -0.05) is 0 Å². The summed E-state index contributed by atoms with van der Waals surface area (Å²) in [4.78, 5) is 23.9. The van der Waals surface area contributed by atoms with Crippen molar-refractivity contribution in [2.75, 3.05) is 17.7 Å². The summed E-state index contributed by atoms with van der Waals surface area (Å²) in [5, 5.41) is 2.59. The van der Waals surface area contributed by atoms with Crippen molar-refractivity contribution in [3.05, 3.63) is 22.8 Å². The molecule has 0 heterocycles. The summed E-state index contributed by atoms with van der Waals surface area (Å²) in [6, 6.07) is 1.68. The number of anilines is 2. The molecule has 0 spiro atoms. The predicted molar refractivity (Wildman–Crippen MR) is 81.5 cm³/mol. The number of nitrogens with two attached hydrogens (primary N) is 1. The van der Waals surface area contributed by atoms with Crippen LogP contribution in [0.3, 0.4) is 0 Å². The average molecular weight is 294 g/mol. The van der Waals surface area contributed by atoms with Crippen LogP contribution in [0.15, 0.2) is 6.07 Å². The van der Waals surface area contributed by atoms with Crippen molar-refractivity contribution in [1.29, 1.82) is 0 Å². The van der Waals surface area contributed by atoms with Crippen LogP contribution >= 0.6 is 0 Å². The minimum Gasteiger partial charge on any atom is -0.462 e. The van der Waals surface area contributed by atoms with Gasteiger partial charge < -0.3 is 15.2 Å². The van der Waals surface area contributed by atoms with Crippen LogP contribution in [0.5, 0.6) is 0 Å². The van der Waals surface area contributed by atoms with Gasteiger partial charge in [0.25, 0.3) is 0 Å². The second-order valence-electron chi connectivity index (χ2n) is 4.96. The second kappa shape index (κ2) is 6.97. The smallest absolute Gasteiger partial charge is 0.411 e. The lowest BCUT2D eigenvalue weighted by atomic mass is 10.0. The molecule has 6 nitrogen and oxygen atoms in total. The topological polar surface area (TPSA) is 90.6 Å². The molecule has 1 aromatic rings. The van der Waals surface area contributed by atoms with E-state index in [9.17, 15) is 9.59 Å². The first-order valence-electron chi connectivity index (χ1n) is 6.82. The Labute approximate surface area is 124 Å². The Balaban J connectivity index is 3.26. The lowest BCUT2D eigenvalue weighted by Crippen LogP contribution is -2.22. The first-order chi connectivity index (χ1) is 9.77. The maximum absolute atomic E-state index is 12.1. The van der Waals surface area contributed by atoms with Gasteiger partial charge in [-0.2, -0.15) is 0 Å². The zero-order valence-corrected chi connectivity index (χ0v) is 13.1. The first kappa shape index (κ1) is 16.8. The maximum atomic E-state index is 12.1. The molecule has 1 amide bonds. The molecular formula is C15H22N2O4. The molecule has 0 fully saturated rings. The third-order valence-electron chi connectivity index (χ3n) is 2.87. The number of rotatable bonds is 4. The molecule has 0 aromatic heterocycles. The Morgan fingerprint density at radius 2 is 1.95 bits per heavy atom. The van der Waals surface area contributed by atoms with Crippen LogP contribution in [-0.4, -0.2) is 24.8 Å². The number of hydrogen-bond donors (Lipinski definition) is 2. The van der Waals surface area contributed by atoms with Crippen LogP contribution in [0.4, 0.5) is 16.2 Å². The number of ether oxygens (including phenoxy) is 2. The third kappa shape index (κ3) is 4.11. The number of carbonyl (C=O) groups is 2. The maximum Gasteiger partial charge on any atom is 0.411 e. The molecule has 1 rings (SSSR count). The monoisotopic (exact) mass is 294 g/mol. The van der Waals surface area contributed by atoms with Gasteiger partial charge >= 0.3 is 12.1 Å². The van der Waals surface area contributed by atoms with Crippen LogP contribution in [0.25, 0.3) is 0 Å². The van der Waals surface area contributed by atoms with E-state index in [0.29, 0.717) is 28.1 Å². The summed E-state index contributed by atoms with van der Waals surface area (Å²) in [7, 11) is 0. The van der Waals surface area contributed by atoms with Crippen LogP contribution in [-0.2, 0) is 9.47 Å². The van der Waals surface area contributed by atoms with Crippen molar-refractivity contribution in [1.82, 2.24) is 0 Å². The van der Waals surface area contributed by atoms with Crippen molar-refractivity contribution in [2.45, 2.75) is 40.7 Å². The Morgan fingerprint density at radius 1 is 1.33 bits per heavy atom. The highest BCUT2D eigenvalue weighted by atomic mass is 16.6. The number of esters is 1. The molecule has 116 valence electrons. The lowest BCUT2D eigenvalue weighted by Gasteiger charge is -2.18. The predicted octanol–water partition coefficient (Wildman–Crippen LogP) is 3.02. The number of nitrogen functional groups attached to an aromatic ring is 1. The quantitative estimate of drug-likeness (QED) is 0.658. The van der Waals surface area contributed by atoms with E-state index in [1.54, 1.807) is 40.7 Å². The van der Waals surface area contributed by atoms with Gasteiger partial charge in [0.1, 0.15) is 0 Å². The molecule has 0 saturated carbocycles. The van der Waals surface area contributed by atoms with Crippen molar-refractivity contribution >= 4 is 23.4 Å². The molecule has 3 N–H and O–H groups in total. The highest BCUT2D eigenvalue weighted by Crippen LogP contribution is 2.30. The molecule has 0 unspecified atom stereocenters. The van der Waals surface area contributed by atoms with Gasteiger partial charge in [0.2, 0.25) is 0 Å². The van der Waals surface area contributed by atoms with E-state index in [2.05, 4.69) is 5.32 Å². The highest BCUT2D eigenvalue weighted by Gasteiger charge is 2.21.